The maximum atomic E-state index is 12.6. The molecule has 146 valence electrons. The second kappa shape index (κ2) is 7.48. The Bertz CT molecular complexity index is 1050. The SMILES string of the molecule is CCc1cnc2ccc(N3CC[C@H](NC(=O)c4cc(Cl)cc(Cl)c4O)C3)nn12. The maximum Gasteiger partial charge on any atom is 0.255 e. The highest BCUT2D eigenvalue weighted by Gasteiger charge is 2.27. The fourth-order valence-corrected chi connectivity index (χ4v) is 3.90. The lowest BCUT2D eigenvalue weighted by Gasteiger charge is -2.18. The van der Waals surface area contributed by atoms with Gasteiger partial charge in [0.2, 0.25) is 0 Å². The molecule has 0 spiro atoms. The predicted octanol–water partition coefficient (Wildman–Crippen LogP) is 3.31. The summed E-state index contributed by atoms with van der Waals surface area (Å²) in [4.78, 5) is 19.0. The second-order valence-corrected chi connectivity index (χ2v) is 7.60. The van der Waals surface area contributed by atoms with Crippen LogP contribution in [0.1, 0.15) is 29.4 Å². The normalized spacial score (nSPS) is 16.7. The Morgan fingerprint density at radius 2 is 2.18 bits per heavy atom. The molecule has 1 aliphatic heterocycles. The van der Waals surface area contributed by atoms with E-state index >= 15 is 0 Å². The lowest BCUT2D eigenvalue weighted by Crippen LogP contribution is -2.37. The molecule has 1 atom stereocenters. The zero-order valence-electron chi connectivity index (χ0n) is 15.2. The van der Waals surface area contributed by atoms with E-state index < -0.39 is 5.91 Å². The molecule has 0 bridgehead atoms. The number of carbonyl (C=O) groups excluding carboxylic acids is 1. The number of amides is 1. The number of nitrogens with one attached hydrogen (secondary N) is 1. The van der Waals surface area contributed by atoms with Gasteiger partial charge in [-0.1, -0.05) is 30.1 Å². The number of aryl methyl sites for hydroxylation is 1. The Morgan fingerprint density at radius 3 is 2.96 bits per heavy atom. The predicted molar refractivity (Wildman–Crippen MR) is 109 cm³/mol. The van der Waals surface area contributed by atoms with Gasteiger partial charge in [0.25, 0.3) is 5.91 Å². The molecule has 1 fully saturated rings. The molecule has 1 aliphatic rings. The molecule has 0 unspecified atom stereocenters. The molecule has 3 aromatic rings. The average Bonchev–Trinajstić information content (AvgIpc) is 3.30. The molecule has 0 aliphatic carbocycles. The number of phenolic OH excluding ortho intramolecular Hbond substituents is 1. The van der Waals surface area contributed by atoms with Gasteiger partial charge in [-0.25, -0.2) is 9.50 Å². The van der Waals surface area contributed by atoms with Crippen molar-refractivity contribution in [2.45, 2.75) is 25.8 Å². The Kier molecular flexibility index (Phi) is 5.03. The summed E-state index contributed by atoms with van der Waals surface area (Å²) in [7, 11) is 0. The van der Waals surface area contributed by atoms with Gasteiger partial charge in [0.15, 0.2) is 5.65 Å². The van der Waals surface area contributed by atoms with Gasteiger partial charge in [-0.2, -0.15) is 0 Å². The summed E-state index contributed by atoms with van der Waals surface area (Å²) >= 11 is 11.9. The van der Waals surface area contributed by atoms with E-state index in [0.29, 0.717) is 11.6 Å². The third-order valence-electron chi connectivity index (χ3n) is 4.90. The molecular weight excluding hydrogens is 401 g/mol. The Balaban J connectivity index is 1.48. The molecule has 1 aromatic carbocycles. The van der Waals surface area contributed by atoms with Gasteiger partial charge < -0.3 is 15.3 Å². The number of rotatable bonds is 4. The molecular formula is C19H19Cl2N5O2. The van der Waals surface area contributed by atoms with Crippen molar-refractivity contribution in [2.75, 3.05) is 18.0 Å². The number of hydrogen-bond donors (Lipinski definition) is 2. The van der Waals surface area contributed by atoms with E-state index in [2.05, 4.69) is 27.2 Å². The van der Waals surface area contributed by atoms with Crippen LogP contribution in [-0.4, -0.2) is 44.7 Å². The Hall–Kier alpha value is -2.51. The van der Waals surface area contributed by atoms with Crippen LogP contribution in [0.25, 0.3) is 5.65 Å². The number of nitrogens with zero attached hydrogens (tertiary/aromatic N) is 4. The first kappa shape index (κ1) is 18.8. The number of fused-ring (bicyclic) bond motifs is 1. The minimum Gasteiger partial charge on any atom is -0.506 e. The van der Waals surface area contributed by atoms with Gasteiger partial charge in [-0.15, -0.1) is 5.10 Å². The van der Waals surface area contributed by atoms with Crippen molar-refractivity contribution >= 4 is 40.6 Å². The number of phenols is 1. The largest absolute Gasteiger partial charge is 0.506 e. The number of anilines is 1. The maximum absolute atomic E-state index is 12.6. The van der Waals surface area contributed by atoms with Crippen LogP contribution in [0, 0.1) is 0 Å². The lowest BCUT2D eigenvalue weighted by atomic mass is 10.1. The van der Waals surface area contributed by atoms with Gasteiger partial charge in [-0.3, -0.25) is 4.79 Å². The van der Waals surface area contributed by atoms with Gasteiger partial charge in [0.05, 0.1) is 22.5 Å². The van der Waals surface area contributed by atoms with Crippen molar-refractivity contribution in [2.24, 2.45) is 0 Å². The van der Waals surface area contributed by atoms with Crippen LogP contribution in [-0.2, 0) is 6.42 Å². The van der Waals surface area contributed by atoms with Crippen molar-refractivity contribution in [1.29, 1.82) is 0 Å². The van der Waals surface area contributed by atoms with Crippen molar-refractivity contribution in [3.05, 3.63) is 51.8 Å². The van der Waals surface area contributed by atoms with Crippen LogP contribution >= 0.6 is 23.2 Å². The first-order valence-corrected chi connectivity index (χ1v) is 9.79. The minimum absolute atomic E-state index is 0.0512. The van der Waals surface area contributed by atoms with E-state index in [1.54, 1.807) is 0 Å². The van der Waals surface area contributed by atoms with Crippen LogP contribution < -0.4 is 10.2 Å². The van der Waals surface area contributed by atoms with E-state index in [1.807, 2.05) is 22.8 Å². The fourth-order valence-electron chi connectivity index (χ4n) is 3.41. The summed E-state index contributed by atoms with van der Waals surface area (Å²) in [6.07, 6.45) is 3.45. The van der Waals surface area contributed by atoms with Crippen molar-refractivity contribution in [3.8, 4) is 5.75 Å². The first-order valence-electron chi connectivity index (χ1n) is 9.03. The van der Waals surface area contributed by atoms with Crippen LogP contribution in [0.2, 0.25) is 10.0 Å². The Labute approximate surface area is 171 Å². The summed E-state index contributed by atoms with van der Waals surface area (Å²) in [6.45, 7) is 3.45. The summed E-state index contributed by atoms with van der Waals surface area (Å²) in [5.74, 6) is 0.170. The zero-order valence-corrected chi connectivity index (χ0v) is 16.7. The summed E-state index contributed by atoms with van der Waals surface area (Å²) < 4.78 is 1.85. The highest BCUT2D eigenvalue weighted by molar-refractivity contribution is 6.36. The molecule has 2 aromatic heterocycles. The van der Waals surface area contributed by atoms with Gasteiger partial charge >= 0.3 is 0 Å². The van der Waals surface area contributed by atoms with Crippen LogP contribution in [0.4, 0.5) is 5.82 Å². The van der Waals surface area contributed by atoms with Crippen LogP contribution in [0.5, 0.6) is 5.75 Å². The number of halogens is 2. The van der Waals surface area contributed by atoms with E-state index in [9.17, 15) is 9.90 Å². The number of imidazole rings is 1. The zero-order chi connectivity index (χ0) is 19.8. The smallest absolute Gasteiger partial charge is 0.255 e. The molecule has 4 rings (SSSR count). The van der Waals surface area contributed by atoms with E-state index in [1.165, 1.54) is 12.1 Å². The quantitative estimate of drug-likeness (QED) is 0.677. The molecule has 3 heterocycles. The molecule has 28 heavy (non-hydrogen) atoms. The van der Waals surface area contributed by atoms with Crippen molar-refractivity contribution < 1.29 is 9.90 Å². The highest BCUT2D eigenvalue weighted by Crippen LogP contribution is 2.31. The molecule has 1 amide bonds. The molecule has 2 N–H and O–H groups in total. The summed E-state index contributed by atoms with van der Waals surface area (Å²) in [5, 5.41) is 18.0. The summed E-state index contributed by atoms with van der Waals surface area (Å²) in [5.41, 5.74) is 1.94. The number of carbonyl (C=O) groups is 1. The van der Waals surface area contributed by atoms with Gasteiger partial charge in [0.1, 0.15) is 11.6 Å². The highest BCUT2D eigenvalue weighted by atomic mass is 35.5. The number of benzene rings is 1. The number of hydrogen-bond acceptors (Lipinski definition) is 5. The third kappa shape index (κ3) is 3.47. The van der Waals surface area contributed by atoms with E-state index in [4.69, 9.17) is 23.2 Å². The third-order valence-corrected chi connectivity index (χ3v) is 5.41. The van der Waals surface area contributed by atoms with Crippen LogP contribution in [0.3, 0.4) is 0 Å². The standard InChI is InChI=1S/C19H19Cl2N5O2/c1-2-13-9-22-16-3-4-17(24-26(13)16)25-6-5-12(10-25)23-19(28)14-7-11(20)8-15(21)18(14)27/h3-4,7-9,12,27H,2,5-6,10H2,1H3,(H,23,28)/t12-/m0/s1. The minimum atomic E-state index is -0.403. The van der Waals surface area contributed by atoms with Gasteiger partial charge in [-0.05, 0) is 37.1 Å². The average molecular weight is 420 g/mol. The van der Waals surface area contributed by atoms with Crippen LogP contribution in [0.15, 0.2) is 30.5 Å². The molecule has 7 nitrogen and oxygen atoms in total. The molecule has 0 radical (unpaired) electrons. The first-order chi connectivity index (χ1) is 13.5. The van der Waals surface area contributed by atoms with E-state index in [0.717, 1.165) is 36.5 Å². The number of aromatic nitrogens is 3. The van der Waals surface area contributed by atoms with E-state index in [-0.39, 0.29) is 22.4 Å². The second-order valence-electron chi connectivity index (χ2n) is 6.75. The molecule has 1 saturated heterocycles. The van der Waals surface area contributed by atoms with Crippen molar-refractivity contribution in [3.63, 3.8) is 0 Å². The lowest BCUT2D eigenvalue weighted by molar-refractivity contribution is 0.0937. The monoisotopic (exact) mass is 419 g/mol. The molecule has 9 heteroatoms. The van der Waals surface area contributed by atoms with Crippen molar-refractivity contribution in [1.82, 2.24) is 19.9 Å². The Morgan fingerprint density at radius 1 is 1.36 bits per heavy atom. The topological polar surface area (TPSA) is 82.8 Å². The van der Waals surface area contributed by atoms with Gasteiger partial charge in [0, 0.05) is 24.2 Å². The fraction of sp³-hybridized carbons (Fsp3) is 0.316. The number of aromatic hydroxyl groups is 1. The molecule has 0 saturated carbocycles. The summed E-state index contributed by atoms with van der Waals surface area (Å²) in [6, 6.07) is 6.62.